The number of hydrogen-bond donors (Lipinski definition) is 0. The van der Waals surface area contributed by atoms with E-state index in [1.807, 2.05) is 42.5 Å². The molecule has 0 fully saturated rings. The molecule has 0 aliphatic carbocycles. The Bertz CT molecular complexity index is 3260. The van der Waals surface area contributed by atoms with Crippen molar-refractivity contribution in [3.8, 4) is 33.4 Å². The molecule has 0 atom stereocenters. The van der Waals surface area contributed by atoms with Crippen LogP contribution in [0.5, 0.6) is 0 Å². The SMILES string of the molecule is [2H]c1ccc(-c2ccc(N(c3ccc(-c4cccc5ccccc45)cc3)c3cccc(-c4ccc5oc6ccccc6c5c4)c3)cc2)c2c1oc1ccccc12. The minimum absolute atomic E-state index is 0.384. The summed E-state index contributed by atoms with van der Waals surface area (Å²) in [6.07, 6.45) is 0. The molecular weight excluding hydrogens is 671 g/mol. The van der Waals surface area contributed by atoms with Crippen molar-refractivity contribution in [3.63, 3.8) is 0 Å². The van der Waals surface area contributed by atoms with Crippen molar-refractivity contribution in [1.82, 2.24) is 0 Å². The Morgan fingerprint density at radius 3 is 1.71 bits per heavy atom. The molecule has 3 heteroatoms. The van der Waals surface area contributed by atoms with Crippen molar-refractivity contribution in [2.75, 3.05) is 4.90 Å². The standard InChI is InChI=1S/C52H33NO2/c1-2-14-42-34(10-1)11-8-17-43(42)35-22-27-39(28-23-35)53(40-29-24-36(25-30-40)44-18-9-21-51-52(44)46-16-4-6-20-49(46)55-51)41-13-7-12-37(32-41)38-26-31-50-47(33-38)45-15-3-5-19-48(45)54-50/h1-33H/i21D. The van der Waals surface area contributed by atoms with Crippen molar-refractivity contribution < 1.29 is 10.2 Å². The van der Waals surface area contributed by atoms with Crippen LogP contribution in [0.15, 0.2) is 209 Å². The number of rotatable bonds is 6. The van der Waals surface area contributed by atoms with Gasteiger partial charge in [-0.05, 0) is 111 Å². The van der Waals surface area contributed by atoms with E-state index in [0.29, 0.717) is 11.6 Å². The van der Waals surface area contributed by atoms with Crippen molar-refractivity contribution in [1.29, 1.82) is 0 Å². The molecule has 2 heterocycles. The summed E-state index contributed by atoms with van der Waals surface area (Å²) in [6.45, 7) is 0. The van der Waals surface area contributed by atoms with Gasteiger partial charge in [-0.25, -0.2) is 0 Å². The van der Waals surface area contributed by atoms with Gasteiger partial charge in [0.1, 0.15) is 22.3 Å². The number of hydrogen-bond acceptors (Lipinski definition) is 3. The summed E-state index contributed by atoms with van der Waals surface area (Å²) in [4.78, 5) is 2.32. The molecule has 0 saturated heterocycles. The molecule has 55 heavy (non-hydrogen) atoms. The summed E-state index contributed by atoms with van der Waals surface area (Å²) in [6, 6.07) is 68.4. The highest BCUT2D eigenvalue weighted by atomic mass is 16.3. The molecule has 0 aliphatic rings. The van der Waals surface area contributed by atoms with Gasteiger partial charge in [-0.15, -0.1) is 0 Å². The Labute approximate surface area is 319 Å². The first-order chi connectivity index (χ1) is 27.7. The van der Waals surface area contributed by atoms with E-state index in [0.717, 1.165) is 77.6 Å². The largest absolute Gasteiger partial charge is 0.456 e. The maximum Gasteiger partial charge on any atom is 0.136 e. The zero-order valence-corrected chi connectivity index (χ0v) is 29.7. The molecule has 11 aromatic rings. The highest BCUT2D eigenvalue weighted by Gasteiger charge is 2.17. The van der Waals surface area contributed by atoms with Crippen LogP contribution in [0.1, 0.15) is 1.37 Å². The molecule has 0 amide bonds. The van der Waals surface area contributed by atoms with E-state index in [1.165, 1.54) is 21.9 Å². The molecule has 258 valence electrons. The van der Waals surface area contributed by atoms with Gasteiger partial charge in [0.05, 0.1) is 1.37 Å². The number of nitrogens with zero attached hydrogens (tertiary/aromatic N) is 1. The van der Waals surface area contributed by atoms with E-state index >= 15 is 0 Å². The van der Waals surface area contributed by atoms with Crippen LogP contribution in [-0.2, 0) is 0 Å². The maximum atomic E-state index is 8.59. The summed E-state index contributed by atoms with van der Waals surface area (Å²) in [5.74, 6) is 0. The molecule has 9 aromatic carbocycles. The van der Waals surface area contributed by atoms with Crippen LogP contribution in [0.4, 0.5) is 17.1 Å². The molecule has 0 saturated carbocycles. The molecule has 0 radical (unpaired) electrons. The smallest absolute Gasteiger partial charge is 0.136 e. The maximum absolute atomic E-state index is 8.59. The summed E-state index contributed by atoms with van der Waals surface area (Å²) in [5, 5.41) is 6.68. The number of furan rings is 2. The molecule has 0 unspecified atom stereocenters. The average molecular weight is 705 g/mol. The molecular formula is C52H33NO2. The molecule has 3 nitrogen and oxygen atoms in total. The second-order valence-corrected chi connectivity index (χ2v) is 14.0. The first-order valence-corrected chi connectivity index (χ1v) is 18.6. The van der Waals surface area contributed by atoms with Crippen molar-refractivity contribution in [2.24, 2.45) is 0 Å². The third-order valence-electron chi connectivity index (χ3n) is 10.8. The first-order valence-electron chi connectivity index (χ1n) is 19.1. The molecule has 0 bridgehead atoms. The monoisotopic (exact) mass is 704 g/mol. The van der Waals surface area contributed by atoms with Crippen LogP contribution in [-0.4, -0.2) is 0 Å². The predicted molar refractivity (Wildman–Crippen MR) is 229 cm³/mol. The summed E-state index contributed by atoms with van der Waals surface area (Å²) in [7, 11) is 0. The van der Waals surface area contributed by atoms with Gasteiger partial charge in [0.2, 0.25) is 0 Å². The lowest BCUT2D eigenvalue weighted by Gasteiger charge is -2.26. The number of benzene rings is 9. The highest BCUT2D eigenvalue weighted by Crippen LogP contribution is 2.42. The summed E-state index contributed by atoms with van der Waals surface area (Å²) in [5.41, 5.74) is 13.1. The van der Waals surface area contributed by atoms with Crippen LogP contribution in [0, 0.1) is 0 Å². The van der Waals surface area contributed by atoms with Gasteiger partial charge in [0, 0.05) is 38.6 Å². The zero-order chi connectivity index (χ0) is 37.2. The van der Waals surface area contributed by atoms with E-state index in [1.54, 1.807) is 0 Å². The van der Waals surface area contributed by atoms with Gasteiger partial charge in [-0.3, -0.25) is 0 Å². The second kappa shape index (κ2) is 12.6. The van der Waals surface area contributed by atoms with E-state index in [4.69, 9.17) is 10.2 Å². The van der Waals surface area contributed by atoms with Crippen LogP contribution in [0.25, 0.3) is 88.0 Å². The topological polar surface area (TPSA) is 29.5 Å². The van der Waals surface area contributed by atoms with Crippen molar-refractivity contribution in [3.05, 3.63) is 200 Å². The quantitative estimate of drug-likeness (QED) is 0.173. The molecule has 0 N–H and O–H groups in total. The molecule has 0 spiro atoms. The summed E-state index contributed by atoms with van der Waals surface area (Å²) >= 11 is 0. The third-order valence-corrected chi connectivity index (χ3v) is 10.8. The van der Waals surface area contributed by atoms with Crippen LogP contribution in [0.2, 0.25) is 0 Å². The lowest BCUT2D eigenvalue weighted by Crippen LogP contribution is -2.10. The number of para-hydroxylation sites is 2. The zero-order valence-electron chi connectivity index (χ0n) is 30.7. The van der Waals surface area contributed by atoms with Crippen molar-refractivity contribution in [2.45, 2.75) is 0 Å². The van der Waals surface area contributed by atoms with Crippen molar-refractivity contribution >= 4 is 71.7 Å². The molecule has 0 aliphatic heterocycles. The predicted octanol–water partition coefficient (Wildman–Crippen LogP) is 15.1. The Morgan fingerprint density at radius 2 is 0.909 bits per heavy atom. The fraction of sp³-hybridized carbons (Fsp3) is 0. The molecule has 2 aromatic heterocycles. The average Bonchev–Trinajstić information content (AvgIpc) is 3.84. The summed E-state index contributed by atoms with van der Waals surface area (Å²) < 4.78 is 20.9. The van der Waals surface area contributed by atoms with E-state index < -0.39 is 0 Å². The Balaban J connectivity index is 1.03. The van der Waals surface area contributed by atoms with Gasteiger partial charge in [0.15, 0.2) is 0 Å². The highest BCUT2D eigenvalue weighted by molar-refractivity contribution is 6.12. The first kappa shape index (κ1) is 30.1. The van der Waals surface area contributed by atoms with Gasteiger partial charge in [0.25, 0.3) is 0 Å². The fourth-order valence-corrected chi connectivity index (χ4v) is 8.17. The lowest BCUT2D eigenvalue weighted by molar-refractivity contribution is 0.668. The third kappa shape index (κ3) is 5.28. The van der Waals surface area contributed by atoms with E-state index in [2.05, 4.69) is 157 Å². The van der Waals surface area contributed by atoms with Gasteiger partial charge < -0.3 is 13.7 Å². The van der Waals surface area contributed by atoms with Crippen LogP contribution < -0.4 is 4.90 Å². The Morgan fingerprint density at radius 1 is 0.345 bits per heavy atom. The minimum Gasteiger partial charge on any atom is -0.456 e. The van der Waals surface area contributed by atoms with Gasteiger partial charge >= 0.3 is 0 Å². The van der Waals surface area contributed by atoms with Gasteiger partial charge in [-0.2, -0.15) is 0 Å². The Hall–Kier alpha value is -7.36. The Kier molecular flexibility index (Phi) is 6.93. The normalized spacial score (nSPS) is 11.9. The van der Waals surface area contributed by atoms with Crippen LogP contribution >= 0.6 is 0 Å². The number of anilines is 3. The second-order valence-electron chi connectivity index (χ2n) is 14.0. The lowest BCUT2D eigenvalue weighted by atomic mass is 9.97. The van der Waals surface area contributed by atoms with E-state index in [9.17, 15) is 0 Å². The van der Waals surface area contributed by atoms with E-state index in [-0.39, 0.29) is 0 Å². The van der Waals surface area contributed by atoms with Gasteiger partial charge in [-0.1, -0.05) is 133 Å². The molecule has 11 rings (SSSR count). The minimum atomic E-state index is 0.384. The number of fused-ring (bicyclic) bond motifs is 7. The fourth-order valence-electron chi connectivity index (χ4n) is 8.17. The van der Waals surface area contributed by atoms with Crippen LogP contribution in [0.3, 0.4) is 0 Å².